The van der Waals surface area contributed by atoms with Gasteiger partial charge in [-0.3, -0.25) is 4.79 Å². The fraction of sp³-hybridized carbons (Fsp3) is 0.200. The Bertz CT molecular complexity index is 707. The van der Waals surface area contributed by atoms with Crippen LogP contribution in [-0.4, -0.2) is 35.4 Å². The Kier molecular flexibility index (Phi) is 5.46. The zero-order valence-corrected chi connectivity index (χ0v) is 12.2. The maximum Gasteiger partial charge on any atom is 0.422 e. The first-order valence-electron chi connectivity index (χ1n) is 6.70. The van der Waals surface area contributed by atoms with E-state index in [0.717, 1.165) is 0 Å². The SMILES string of the molecule is O=C(COc1ccccc1OCC(F)(F)F)Nc1ncccc1O. The van der Waals surface area contributed by atoms with E-state index in [1.165, 1.54) is 42.6 Å². The maximum absolute atomic E-state index is 12.2. The van der Waals surface area contributed by atoms with Crippen molar-refractivity contribution in [1.29, 1.82) is 0 Å². The molecule has 0 aliphatic heterocycles. The highest BCUT2D eigenvalue weighted by Gasteiger charge is 2.29. The van der Waals surface area contributed by atoms with Gasteiger partial charge in [-0.2, -0.15) is 13.2 Å². The number of aromatic nitrogens is 1. The third-order valence-electron chi connectivity index (χ3n) is 2.64. The fourth-order valence-corrected chi connectivity index (χ4v) is 1.65. The molecule has 1 aromatic heterocycles. The Morgan fingerprint density at radius 2 is 1.79 bits per heavy atom. The number of benzene rings is 1. The van der Waals surface area contributed by atoms with E-state index in [1.807, 2.05) is 0 Å². The first-order chi connectivity index (χ1) is 11.3. The number of carbonyl (C=O) groups is 1. The largest absolute Gasteiger partial charge is 0.504 e. The van der Waals surface area contributed by atoms with Crippen LogP contribution >= 0.6 is 0 Å². The molecule has 0 saturated carbocycles. The molecule has 0 atom stereocenters. The Morgan fingerprint density at radius 1 is 1.12 bits per heavy atom. The molecule has 0 spiro atoms. The smallest absolute Gasteiger partial charge is 0.422 e. The van der Waals surface area contributed by atoms with E-state index in [9.17, 15) is 23.1 Å². The molecule has 2 N–H and O–H groups in total. The monoisotopic (exact) mass is 342 g/mol. The number of alkyl halides is 3. The van der Waals surface area contributed by atoms with Crippen LogP contribution in [0.2, 0.25) is 0 Å². The quantitative estimate of drug-likeness (QED) is 0.844. The number of carbonyl (C=O) groups excluding carboxylic acids is 1. The zero-order valence-electron chi connectivity index (χ0n) is 12.2. The van der Waals surface area contributed by atoms with Crippen molar-refractivity contribution in [1.82, 2.24) is 4.98 Å². The number of hydrogen-bond acceptors (Lipinski definition) is 5. The van der Waals surface area contributed by atoms with Crippen molar-refractivity contribution >= 4 is 11.7 Å². The van der Waals surface area contributed by atoms with Gasteiger partial charge in [0.15, 0.2) is 36.3 Å². The van der Waals surface area contributed by atoms with E-state index in [1.54, 1.807) is 0 Å². The molecular weight excluding hydrogens is 329 g/mol. The van der Waals surface area contributed by atoms with Gasteiger partial charge in [-0.1, -0.05) is 12.1 Å². The molecule has 0 bridgehead atoms. The van der Waals surface area contributed by atoms with Crippen molar-refractivity contribution in [3.63, 3.8) is 0 Å². The Balaban J connectivity index is 1.94. The third kappa shape index (κ3) is 5.34. The molecule has 2 aromatic rings. The number of para-hydroxylation sites is 2. The van der Waals surface area contributed by atoms with Crippen LogP contribution in [0.25, 0.3) is 0 Å². The maximum atomic E-state index is 12.2. The van der Waals surface area contributed by atoms with Crippen molar-refractivity contribution < 1.29 is 32.5 Å². The molecule has 6 nitrogen and oxygen atoms in total. The highest BCUT2D eigenvalue weighted by atomic mass is 19.4. The average Bonchev–Trinajstić information content (AvgIpc) is 2.53. The van der Waals surface area contributed by atoms with Gasteiger partial charge in [0.2, 0.25) is 0 Å². The summed E-state index contributed by atoms with van der Waals surface area (Å²) in [6.45, 7) is -1.97. The third-order valence-corrected chi connectivity index (χ3v) is 2.64. The predicted molar refractivity (Wildman–Crippen MR) is 78.0 cm³/mol. The number of ether oxygens (including phenoxy) is 2. The van der Waals surface area contributed by atoms with E-state index in [2.05, 4.69) is 15.0 Å². The lowest BCUT2D eigenvalue weighted by atomic mass is 10.3. The van der Waals surface area contributed by atoms with Gasteiger partial charge in [0, 0.05) is 6.20 Å². The minimum Gasteiger partial charge on any atom is -0.504 e. The summed E-state index contributed by atoms with van der Waals surface area (Å²) in [5.74, 6) is -1.06. The minimum atomic E-state index is -4.49. The zero-order chi connectivity index (χ0) is 17.6. The topological polar surface area (TPSA) is 80.7 Å². The number of aromatic hydroxyl groups is 1. The van der Waals surface area contributed by atoms with Crippen molar-refractivity contribution in [3.8, 4) is 17.2 Å². The van der Waals surface area contributed by atoms with Gasteiger partial charge in [0.05, 0.1) is 0 Å². The second-order valence-corrected chi connectivity index (χ2v) is 4.56. The molecule has 1 amide bonds. The van der Waals surface area contributed by atoms with Gasteiger partial charge in [0.25, 0.3) is 5.91 Å². The number of rotatable bonds is 6. The van der Waals surface area contributed by atoms with Crippen molar-refractivity contribution in [2.45, 2.75) is 6.18 Å². The molecule has 2 rings (SSSR count). The molecule has 9 heteroatoms. The first-order valence-corrected chi connectivity index (χ1v) is 6.70. The second kappa shape index (κ2) is 7.53. The fourth-order valence-electron chi connectivity index (χ4n) is 1.65. The summed E-state index contributed by atoms with van der Waals surface area (Å²) in [5.41, 5.74) is 0. The minimum absolute atomic E-state index is 0.0119. The number of nitrogens with zero attached hydrogens (tertiary/aromatic N) is 1. The number of halogens is 3. The van der Waals surface area contributed by atoms with Gasteiger partial charge in [0.1, 0.15) is 0 Å². The van der Waals surface area contributed by atoms with Crippen LogP contribution in [0.15, 0.2) is 42.6 Å². The molecule has 1 heterocycles. The molecule has 0 aliphatic rings. The normalized spacial score (nSPS) is 11.0. The van der Waals surface area contributed by atoms with Crippen molar-refractivity contribution in [2.75, 3.05) is 18.5 Å². The Morgan fingerprint density at radius 3 is 2.42 bits per heavy atom. The molecule has 0 fully saturated rings. The van der Waals surface area contributed by atoms with E-state index < -0.39 is 25.3 Å². The summed E-state index contributed by atoms with van der Waals surface area (Å²) in [4.78, 5) is 15.5. The van der Waals surface area contributed by atoms with E-state index in [0.29, 0.717) is 0 Å². The van der Waals surface area contributed by atoms with E-state index >= 15 is 0 Å². The summed E-state index contributed by atoms with van der Waals surface area (Å²) in [7, 11) is 0. The Hall–Kier alpha value is -2.97. The van der Waals surface area contributed by atoms with Gasteiger partial charge < -0.3 is 19.9 Å². The molecular formula is C15H13F3N2O4. The lowest BCUT2D eigenvalue weighted by molar-refractivity contribution is -0.153. The Labute approximate surface area is 134 Å². The van der Waals surface area contributed by atoms with Crippen LogP contribution in [0.5, 0.6) is 17.2 Å². The number of nitrogens with one attached hydrogen (secondary N) is 1. The van der Waals surface area contributed by atoms with Crippen LogP contribution in [0.4, 0.5) is 19.0 Å². The van der Waals surface area contributed by atoms with Crippen LogP contribution in [0.1, 0.15) is 0 Å². The van der Waals surface area contributed by atoms with Gasteiger partial charge in [-0.05, 0) is 24.3 Å². The predicted octanol–water partition coefficient (Wildman–Crippen LogP) is 2.75. The highest BCUT2D eigenvalue weighted by Crippen LogP contribution is 2.28. The lowest BCUT2D eigenvalue weighted by Crippen LogP contribution is -2.22. The number of hydrogen-bond donors (Lipinski definition) is 2. The molecule has 0 radical (unpaired) electrons. The van der Waals surface area contributed by atoms with Crippen LogP contribution in [-0.2, 0) is 4.79 Å². The number of pyridine rings is 1. The van der Waals surface area contributed by atoms with Gasteiger partial charge in [-0.15, -0.1) is 0 Å². The lowest BCUT2D eigenvalue weighted by Gasteiger charge is -2.13. The summed E-state index contributed by atoms with van der Waals surface area (Å²) >= 11 is 0. The highest BCUT2D eigenvalue weighted by molar-refractivity contribution is 5.92. The van der Waals surface area contributed by atoms with Crippen molar-refractivity contribution in [3.05, 3.63) is 42.6 Å². The second-order valence-electron chi connectivity index (χ2n) is 4.56. The molecule has 0 saturated heterocycles. The molecule has 128 valence electrons. The number of anilines is 1. The summed E-state index contributed by atoms with van der Waals surface area (Å²) in [5, 5.41) is 11.8. The molecule has 0 unspecified atom stereocenters. The van der Waals surface area contributed by atoms with Crippen LogP contribution < -0.4 is 14.8 Å². The number of amides is 1. The average molecular weight is 342 g/mol. The van der Waals surface area contributed by atoms with Crippen LogP contribution in [0, 0.1) is 0 Å². The summed E-state index contributed by atoms with van der Waals surface area (Å²) in [6.07, 6.45) is -3.11. The standard InChI is InChI=1S/C15H13F3N2O4/c16-15(17,18)9-24-12-6-2-1-5-11(12)23-8-13(22)20-14-10(21)4-3-7-19-14/h1-7,21H,8-9H2,(H,19,20,22). The van der Waals surface area contributed by atoms with Gasteiger partial charge in [-0.25, -0.2) is 4.98 Å². The van der Waals surface area contributed by atoms with E-state index in [-0.39, 0.29) is 23.1 Å². The molecule has 0 aliphatic carbocycles. The molecule has 24 heavy (non-hydrogen) atoms. The molecule has 1 aromatic carbocycles. The van der Waals surface area contributed by atoms with Gasteiger partial charge >= 0.3 is 6.18 Å². The summed E-state index contributed by atoms with van der Waals surface area (Å²) in [6, 6.07) is 8.49. The first kappa shape index (κ1) is 17.4. The van der Waals surface area contributed by atoms with Crippen LogP contribution in [0.3, 0.4) is 0 Å². The van der Waals surface area contributed by atoms with E-state index in [4.69, 9.17) is 4.74 Å². The van der Waals surface area contributed by atoms with Crippen molar-refractivity contribution in [2.24, 2.45) is 0 Å². The summed E-state index contributed by atoms with van der Waals surface area (Å²) < 4.78 is 46.4.